The number of fused-ring (bicyclic) bond motifs is 1. The maximum absolute atomic E-state index is 12.3. The Labute approximate surface area is 128 Å². The number of piperidine rings is 1. The Hall–Kier alpha value is -2.18. The molecule has 116 valence electrons. The lowest BCUT2D eigenvalue weighted by atomic mass is 9.97. The maximum Gasteiger partial charge on any atom is 0.224 e. The van der Waals surface area contributed by atoms with Gasteiger partial charge in [-0.2, -0.15) is 0 Å². The molecule has 22 heavy (non-hydrogen) atoms. The Morgan fingerprint density at radius 2 is 2.23 bits per heavy atom. The van der Waals surface area contributed by atoms with Crippen LogP contribution in [0.4, 0.5) is 5.82 Å². The summed E-state index contributed by atoms with van der Waals surface area (Å²) in [5.74, 6) is 1.80. The van der Waals surface area contributed by atoms with Gasteiger partial charge in [0.1, 0.15) is 11.8 Å². The molecule has 0 spiro atoms. The van der Waals surface area contributed by atoms with Crippen LogP contribution in [0.3, 0.4) is 0 Å². The fraction of sp³-hybridized carbons (Fsp3) is 0.600. The highest BCUT2D eigenvalue weighted by atomic mass is 16.1. The summed E-state index contributed by atoms with van der Waals surface area (Å²) in [6.45, 7) is 2.47. The molecule has 3 heterocycles. The Morgan fingerprint density at radius 1 is 1.32 bits per heavy atom. The van der Waals surface area contributed by atoms with E-state index in [1.165, 1.54) is 19.2 Å². The molecule has 1 atom stereocenters. The van der Waals surface area contributed by atoms with Crippen molar-refractivity contribution in [2.24, 2.45) is 11.8 Å². The molecule has 1 amide bonds. The molecule has 1 saturated heterocycles. The van der Waals surface area contributed by atoms with Crippen LogP contribution < -0.4 is 10.2 Å². The lowest BCUT2D eigenvalue weighted by Crippen LogP contribution is -2.43. The van der Waals surface area contributed by atoms with Crippen LogP contribution in [0.2, 0.25) is 0 Å². The molecule has 4 rings (SSSR count). The second-order valence-electron chi connectivity index (χ2n) is 6.27. The molecule has 1 aliphatic heterocycles. The summed E-state index contributed by atoms with van der Waals surface area (Å²) < 4.78 is 0. The van der Waals surface area contributed by atoms with Crippen molar-refractivity contribution in [2.45, 2.75) is 25.7 Å². The number of imidazole rings is 1. The average molecular weight is 300 g/mol. The van der Waals surface area contributed by atoms with Gasteiger partial charge in [-0.15, -0.1) is 0 Å². The smallest absolute Gasteiger partial charge is 0.224 e. The van der Waals surface area contributed by atoms with Gasteiger partial charge in [0.05, 0.1) is 12.2 Å². The van der Waals surface area contributed by atoms with Gasteiger partial charge < -0.3 is 15.2 Å². The highest BCUT2D eigenvalue weighted by Gasteiger charge is 2.29. The number of hydrogen-bond donors (Lipinski definition) is 2. The normalized spacial score (nSPS) is 22.0. The predicted molar refractivity (Wildman–Crippen MR) is 82.4 cm³/mol. The van der Waals surface area contributed by atoms with Crippen LogP contribution in [0.25, 0.3) is 11.2 Å². The number of aromatic amines is 1. The van der Waals surface area contributed by atoms with Crippen LogP contribution in [-0.4, -0.2) is 45.5 Å². The Balaban J connectivity index is 1.48. The van der Waals surface area contributed by atoms with Crippen LogP contribution in [0.1, 0.15) is 25.7 Å². The van der Waals surface area contributed by atoms with Crippen LogP contribution in [0.15, 0.2) is 12.7 Å². The quantitative estimate of drug-likeness (QED) is 0.883. The van der Waals surface area contributed by atoms with E-state index in [9.17, 15) is 4.79 Å². The molecule has 2 fully saturated rings. The summed E-state index contributed by atoms with van der Waals surface area (Å²) in [4.78, 5) is 30.3. The summed E-state index contributed by atoms with van der Waals surface area (Å²) in [5.41, 5.74) is 1.52. The third-order valence-electron chi connectivity index (χ3n) is 4.56. The van der Waals surface area contributed by atoms with Crippen molar-refractivity contribution in [3.05, 3.63) is 12.7 Å². The van der Waals surface area contributed by atoms with Crippen molar-refractivity contribution in [3.63, 3.8) is 0 Å². The topological polar surface area (TPSA) is 86.8 Å². The van der Waals surface area contributed by atoms with Crippen molar-refractivity contribution in [2.75, 3.05) is 24.5 Å². The zero-order valence-corrected chi connectivity index (χ0v) is 12.5. The molecule has 7 heteroatoms. The molecule has 1 aliphatic carbocycles. The Morgan fingerprint density at radius 3 is 3.09 bits per heavy atom. The molecule has 0 bridgehead atoms. The molecule has 0 radical (unpaired) electrons. The summed E-state index contributed by atoms with van der Waals surface area (Å²) >= 11 is 0. The van der Waals surface area contributed by atoms with E-state index in [0.29, 0.717) is 12.2 Å². The third-order valence-corrected chi connectivity index (χ3v) is 4.56. The number of anilines is 1. The monoisotopic (exact) mass is 300 g/mol. The number of nitrogens with one attached hydrogen (secondary N) is 2. The molecular weight excluding hydrogens is 280 g/mol. The van der Waals surface area contributed by atoms with Crippen LogP contribution in [-0.2, 0) is 4.79 Å². The summed E-state index contributed by atoms with van der Waals surface area (Å²) in [7, 11) is 0. The highest BCUT2D eigenvalue weighted by Crippen LogP contribution is 2.28. The van der Waals surface area contributed by atoms with E-state index in [0.717, 1.165) is 43.2 Å². The molecule has 2 aliphatic rings. The molecule has 7 nitrogen and oxygen atoms in total. The van der Waals surface area contributed by atoms with Gasteiger partial charge in [0.15, 0.2) is 11.5 Å². The number of carbonyl (C=O) groups is 1. The van der Waals surface area contributed by atoms with Gasteiger partial charge in [-0.3, -0.25) is 4.79 Å². The van der Waals surface area contributed by atoms with E-state index in [1.54, 1.807) is 6.33 Å². The van der Waals surface area contributed by atoms with Crippen LogP contribution in [0, 0.1) is 11.8 Å². The van der Waals surface area contributed by atoms with Crippen LogP contribution >= 0.6 is 0 Å². The van der Waals surface area contributed by atoms with Gasteiger partial charge in [0.2, 0.25) is 5.91 Å². The first-order chi connectivity index (χ1) is 10.8. The molecule has 2 aromatic heterocycles. The van der Waals surface area contributed by atoms with Crippen molar-refractivity contribution >= 4 is 22.9 Å². The Kier molecular flexibility index (Phi) is 3.40. The zero-order chi connectivity index (χ0) is 14.9. The van der Waals surface area contributed by atoms with E-state index in [2.05, 4.69) is 30.2 Å². The average Bonchev–Trinajstić information content (AvgIpc) is 3.27. The number of amides is 1. The van der Waals surface area contributed by atoms with Gasteiger partial charge in [-0.25, -0.2) is 15.0 Å². The van der Waals surface area contributed by atoms with Crippen molar-refractivity contribution < 1.29 is 4.79 Å². The number of hydrogen-bond acceptors (Lipinski definition) is 5. The maximum atomic E-state index is 12.3. The fourth-order valence-corrected chi connectivity index (χ4v) is 3.09. The first-order valence-corrected chi connectivity index (χ1v) is 7.98. The molecule has 2 aromatic rings. The van der Waals surface area contributed by atoms with Gasteiger partial charge in [-0.1, -0.05) is 0 Å². The Bertz CT molecular complexity index is 679. The second-order valence-corrected chi connectivity index (χ2v) is 6.27. The van der Waals surface area contributed by atoms with Crippen molar-refractivity contribution in [1.82, 2.24) is 25.3 Å². The van der Waals surface area contributed by atoms with Gasteiger partial charge in [0.25, 0.3) is 0 Å². The van der Waals surface area contributed by atoms with E-state index < -0.39 is 0 Å². The first-order valence-electron chi connectivity index (χ1n) is 7.98. The van der Waals surface area contributed by atoms with Crippen LogP contribution in [0.5, 0.6) is 0 Å². The summed E-state index contributed by atoms with van der Waals surface area (Å²) in [5, 5.41) is 3.10. The minimum atomic E-state index is 0.0421. The van der Waals surface area contributed by atoms with Gasteiger partial charge >= 0.3 is 0 Å². The SMILES string of the molecule is O=C(NCC1CC1)C1CCCN(c2ncnc3nc[nH]c23)C1. The largest absolute Gasteiger partial charge is 0.356 e. The summed E-state index contributed by atoms with van der Waals surface area (Å²) in [6.07, 6.45) is 7.64. The number of carbonyl (C=O) groups excluding carboxylic acids is 1. The van der Waals surface area contributed by atoms with Gasteiger partial charge in [0, 0.05) is 19.6 Å². The lowest BCUT2D eigenvalue weighted by molar-refractivity contribution is -0.125. The molecule has 1 saturated carbocycles. The predicted octanol–water partition coefficient (Wildman–Crippen LogP) is 1.10. The standard InChI is InChI=1S/C15H20N6O/c22-15(16-6-10-3-4-10)11-2-1-5-21(7-11)14-12-13(18-8-17-12)19-9-20-14/h8-11H,1-7H2,(H,16,22)(H,17,18,19,20). The van der Waals surface area contributed by atoms with E-state index in [4.69, 9.17) is 0 Å². The number of aromatic nitrogens is 4. The fourth-order valence-electron chi connectivity index (χ4n) is 3.09. The molecular formula is C15H20N6O. The van der Waals surface area contributed by atoms with E-state index in [-0.39, 0.29) is 11.8 Å². The number of rotatable bonds is 4. The van der Waals surface area contributed by atoms with Crippen molar-refractivity contribution in [3.8, 4) is 0 Å². The second kappa shape index (κ2) is 5.55. The van der Waals surface area contributed by atoms with E-state index >= 15 is 0 Å². The first kappa shape index (κ1) is 13.5. The number of nitrogens with zero attached hydrogens (tertiary/aromatic N) is 4. The van der Waals surface area contributed by atoms with Gasteiger partial charge in [-0.05, 0) is 31.6 Å². The minimum Gasteiger partial charge on any atom is -0.356 e. The zero-order valence-electron chi connectivity index (χ0n) is 12.5. The highest BCUT2D eigenvalue weighted by molar-refractivity contribution is 5.84. The molecule has 1 unspecified atom stereocenters. The molecule has 0 aromatic carbocycles. The van der Waals surface area contributed by atoms with E-state index in [1.807, 2.05) is 0 Å². The molecule has 2 N–H and O–H groups in total. The lowest BCUT2D eigenvalue weighted by Gasteiger charge is -2.32. The number of H-pyrrole nitrogens is 1. The summed E-state index contributed by atoms with van der Waals surface area (Å²) in [6, 6.07) is 0. The van der Waals surface area contributed by atoms with Crippen molar-refractivity contribution in [1.29, 1.82) is 0 Å². The third kappa shape index (κ3) is 2.63. The minimum absolute atomic E-state index is 0.0421.